The monoisotopic (exact) mass is 268 g/mol. The Morgan fingerprint density at radius 2 is 2.00 bits per heavy atom. The first-order valence-electron chi connectivity index (χ1n) is 7.27. The minimum absolute atomic E-state index is 0.0627. The Morgan fingerprint density at radius 1 is 1.10 bits per heavy atom. The number of rotatable bonds is 5. The third-order valence-corrected chi connectivity index (χ3v) is 4.07. The van der Waals surface area contributed by atoms with E-state index in [0.29, 0.717) is 5.92 Å². The zero-order valence-electron chi connectivity index (χ0n) is 11.6. The second kappa shape index (κ2) is 6.10. The predicted octanol–water partition coefficient (Wildman–Crippen LogP) is 3.68. The summed E-state index contributed by atoms with van der Waals surface area (Å²) in [6.07, 6.45) is 3.49. The molecule has 1 atom stereocenters. The molecule has 0 radical (unpaired) electrons. The van der Waals surface area contributed by atoms with Gasteiger partial charge < -0.3 is 9.84 Å². The molecule has 0 saturated heterocycles. The van der Waals surface area contributed by atoms with E-state index in [1.54, 1.807) is 0 Å². The van der Waals surface area contributed by atoms with Gasteiger partial charge in [-0.2, -0.15) is 0 Å². The molecule has 0 spiro atoms. The zero-order chi connectivity index (χ0) is 13.8. The van der Waals surface area contributed by atoms with Crippen LogP contribution in [0.25, 0.3) is 0 Å². The molecule has 2 aromatic rings. The maximum absolute atomic E-state index is 9.11. The fourth-order valence-corrected chi connectivity index (χ4v) is 3.00. The van der Waals surface area contributed by atoms with Crippen LogP contribution in [0.1, 0.15) is 35.4 Å². The molecule has 0 aromatic heterocycles. The van der Waals surface area contributed by atoms with Crippen molar-refractivity contribution in [1.82, 2.24) is 0 Å². The minimum Gasteiger partial charge on any atom is -0.494 e. The van der Waals surface area contributed by atoms with Crippen molar-refractivity contribution >= 4 is 0 Å². The topological polar surface area (TPSA) is 29.5 Å². The van der Waals surface area contributed by atoms with Crippen molar-refractivity contribution in [2.75, 3.05) is 6.61 Å². The molecule has 0 fully saturated rings. The Labute approximate surface area is 120 Å². The molecule has 3 rings (SSSR count). The molecule has 1 aliphatic carbocycles. The van der Waals surface area contributed by atoms with E-state index in [-0.39, 0.29) is 6.61 Å². The fourth-order valence-electron chi connectivity index (χ4n) is 3.00. The number of hydrogen-bond donors (Lipinski definition) is 1. The van der Waals surface area contributed by atoms with Crippen LogP contribution in [0.2, 0.25) is 0 Å². The molecule has 0 saturated carbocycles. The van der Waals surface area contributed by atoms with E-state index in [1.165, 1.54) is 24.0 Å². The molecule has 0 aliphatic heterocycles. The second-order valence-electron chi connectivity index (χ2n) is 5.38. The number of aliphatic hydroxyl groups excluding tert-OH is 1. The second-order valence-corrected chi connectivity index (χ2v) is 5.38. The van der Waals surface area contributed by atoms with Gasteiger partial charge >= 0.3 is 0 Å². The Hall–Kier alpha value is -1.80. The maximum atomic E-state index is 9.11. The molecule has 2 aromatic carbocycles. The van der Waals surface area contributed by atoms with E-state index < -0.39 is 0 Å². The van der Waals surface area contributed by atoms with E-state index in [4.69, 9.17) is 9.84 Å². The summed E-state index contributed by atoms with van der Waals surface area (Å²) >= 11 is 0. The molecule has 0 bridgehead atoms. The number of aliphatic hydroxyl groups is 1. The first-order chi connectivity index (χ1) is 9.86. The highest BCUT2D eigenvalue weighted by Crippen LogP contribution is 2.35. The van der Waals surface area contributed by atoms with Gasteiger partial charge in [0.2, 0.25) is 0 Å². The lowest BCUT2D eigenvalue weighted by Gasteiger charge is -2.13. The molecule has 0 amide bonds. The number of benzene rings is 2. The van der Waals surface area contributed by atoms with E-state index in [9.17, 15) is 0 Å². The van der Waals surface area contributed by atoms with Crippen molar-refractivity contribution in [2.24, 2.45) is 0 Å². The predicted molar refractivity (Wildman–Crippen MR) is 80.0 cm³/mol. The SMILES string of the molecule is OCc1cccc(OCCC2CCc3ccccc32)c1. The molecule has 104 valence electrons. The quantitative estimate of drug-likeness (QED) is 0.896. The van der Waals surface area contributed by atoms with Gasteiger partial charge in [0.25, 0.3) is 0 Å². The lowest BCUT2D eigenvalue weighted by Crippen LogP contribution is -2.03. The van der Waals surface area contributed by atoms with E-state index in [2.05, 4.69) is 24.3 Å². The van der Waals surface area contributed by atoms with Crippen molar-refractivity contribution in [3.63, 3.8) is 0 Å². The highest BCUT2D eigenvalue weighted by atomic mass is 16.5. The Kier molecular flexibility index (Phi) is 4.03. The Morgan fingerprint density at radius 3 is 2.90 bits per heavy atom. The number of aryl methyl sites for hydroxylation is 1. The van der Waals surface area contributed by atoms with Gasteiger partial charge in [-0.1, -0.05) is 36.4 Å². The Bertz CT molecular complexity index is 577. The molecule has 1 aliphatic rings. The van der Waals surface area contributed by atoms with Crippen LogP contribution in [-0.4, -0.2) is 11.7 Å². The van der Waals surface area contributed by atoms with Gasteiger partial charge in [-0.3, -0.25) is 0 Å². The van der Waals surface area contributed by atoms with Gasteiger partial charge in [0, 0.05) is 0 Å². The van der Waals surface area contributed by atoms with Crippen LogP contribution >= 0.6 is 0 Å². The molecule has 1 unspecified atom stereocenters. The van der Waals surface area contributed by atoms with Crippen LogP contribution in [0.5, 0.6) is 5.75 Å². The summed E-state index contributed by atoms with van der Waals surface area (Å²) in [6.45, 7) is 0.793. The zero-order valence-corrected chi connectivity index (χ0v) is 11.6. The minimum atomic E-state index is 0.0627. The lowest BCUT2D eigenvalue weighted by atomic mass is 9.98. The molecule has 2 heteroatoms. The third-order valence-electron chi connectivity index (χ3n) is 4.07. The van der Waals surface area contributed by atoms with Gasteiger partial charge in [0.05, 0.1) is 13.2 Å². The van der Waals surface area contributed by atoms with Crippen molar-refractivity contribution in [3.8, 4) is 5.75 Å². The summed E-state index contributed by atoms with van der Waals surface area (Å²) in [5, 5.41) is 9.11. The van der Waals surface area contributed by atoms with Crippen molar-refractivity contribution < 1.29 is 9.84 Å². The lowest BCUT2D eigenvalue weighted by molar-refractivity contribution is 0.277. The van der Waals surface area contributed by atoms with Gasteiger partial charge in [-0.15, -0.1) is 0 Å². The van der Waals surface area contributed by atoms with Crippen molar-refractivity contribution in [1.29, 1.82) is 0 Å². The maximum Gasteiger partial charge on any atom is 0.119 e. The molecule has 2 nitrogen and oxygen atoms in total. The van der Waals surface area contributed by atoms with Crippen molar-refractivity contribution in [2.45, 2.75) is 31.8 Å². The largest absolute Gasteiger partial charge is 0.494 e. The summed E-state index contributed by atoms with van der Waals surface area (Å²) in [6, 6.07) is 16.4. The van der Waals surface area contributed by atoms with Crippen LogP contribution < -0.4 is 4.74 Å². The summed E-state index contributed by atoms with van der Waals surface area (Å²) < 4.78 is 5.81. The summed E-state index contributed by atoms with van der Waals surface area (Å²) in [5.41, 5.74) is 3.90. The van der Waals surface area contributed by atoms with E-state index >= 15 is 0 Å². The van der Waals surface area contributed by atoms with Gasteiger partial charge in [-0.25, -0.2) is 0 Å². The number of fused-ring (bicyclic) bond motifs is 1. The van der Waals surface area contributed by atoms with Crippen LogP contribution in [0, 0.1) is 0 Å². The van der Waals surface area contributed by atoms with Crippen molar-refractivity contribution in [3.05, 3.63) is 65.2 Å². The summed E-state index contributed by atoms with van der Waals surface area (Å²) in [7, 11) is 0. The molecule has 1 N–H and O–H groups in total. The molecule has 0 heterocycles. The normalized spacial score (nSPS) is 16.9. The smallest absolute Gasteiger partial charge is 0.119 e. The van der Waals surface area contributed by atoms with Crippen LogP contribution in [-0.2, 0) is 13.0 Å². The average molecular weight is 268 g/mol. The molecule has 20 heavy (non-hydrogen) atoms. The Balaban J connectivity index is 1.56. The first kappa shape index (κ1) is 13.2. The van der Waals surface area contributed by atoms with Gasteiger partial charge in [0.1, 0.15) is 5.75 Å². The van der Waals surface area contributed by atoms with Crippen LogP contribution in [0.15, 0.2) is 48.5 Å². The molecular weight excluding hydrogens is 248 g/mol. The highest BCUT2D eigenvalue weighted by Gasteiger charge is 2.21. The summed E-state index contributed by atoms with van der Waals surface area (Å²) in [5.74, 6) is 1.48. The molecular formula is C18H20O2. The number of ether oxygens (including phenoxy) is 1. The van der Waals surface area contributed by atoms with E-state index in [1.807, 2.05) is 24.3 Å². The standard InChI is InChI=1S/C18H20O2/c19-13-14-4-3-6-17(12-14)20-11-10-16-9-8-15-5-1-2-7-18(15)16/h1-7,12,16,19H,8-11,13H2. The average Bonchev–Trinajstić information content (AvgIpc) is 2.91. The summed E-state index contributed by atoms with van der Waals surface area (Å²) in [4.78, 5) is 0. The van der Waals surface area contributed by atoms with Gasteiger partial charge in [0.15, 0.2) is 0 Å². The first-order valence-corrected chi connectivity index (χ1v) is 7.27. The van der Waals surface area contributed by atoms with Crippen LogP contribution in [0.3, 0.4) is 0 Å². The number of hydrogen-bond acceptors (Lipinski definition) is 2. The third kappa shape index (κ3) is 2.86. The van der Waals surface area contributed by atoms with E-state index in [0.717, 1.165) is 24.3 Å². The highest BCUT2D eigenvalue weighted by molar-refractivity contribution is 5.34. The van der Waals surface area contributed by atoms with Crippen LogP contribution in [0.4, 0.5) is 0 Å². The van der Waals surface area contributed by atoms with Gasteiger partial charge in [-0.05, 0) is 54.0 Å². The fraction of sp³-hybridized carbons (Fsp3) is 0.333.